The second-order valence-electron chi connectivity index (χ2n) is 4.45. The smallest absolute Gasteiger partial charge is 0.0645 e. The first-order valence-electron chi connectivity index (χ1n) is 10.9. The lowest BCUT2D eigenvalue weighted by Gasteiger charge is -1.97. The fourth-order valence-electron chi connectivity index (χ4n) is 2.72. The molecule has 5 aromatic rings. The molecule has 2 heterocycles. The summed E-state index contributed by atoms with van der Waals surface area (Å²) in [5.74, 6) is 0. The highest BCUT2D eigenvalue weighted by Crippen LogP contribution is 2.40. The molecule has 0 amide bonds. The Kier molecular flexibility index (Phi) is 0.890. The van der Waals surface area contributed by atoms with Crippen molar-refractivity contribution < 1.29 is 13.7 Å². The number of benzene rings is 3. The van der Waals surface area contributed by atoms with Crippen molar-refractivity contribution in [3.63, 3.8) is 0 Å². The number of para-hydroxylation sites is 2. The average molecular weight is 330 g/mol. The van der Waals surface area contributed by atoms with Crippen molar-refractivity contribution in [3.8, 4) is 0 Å². The van der Waals surface area contributed by atoms with Crippen molar-refractivity contribution in [3.05, 3.63) is 64.9 Å². The molecule has 0 bridgehead atoms. The Bertz CT molecular complexity index is 1490. The Labute approximate surface area is 137 Å². The SMILES string of the molecule is [2H]c1c([2H])c([2H])c2c(c1[2H])c1c([2H])c(Br)c([2H])c3c4c([2H])c([2H])c([2H])c([2H])c4n2c13. The number of hydrogen-bond acceptors (Lipinski definition) is 0. The summed E-state index contributed by atoms with van der Waals surface area (Å²) in [7, 11) is 0. The summed E-state index contributed by atoms with van der Waals surface area (Å²) < 4.78 is 84.4. The molecule has 0 aliphatic rings. The summed E-state index contributed by atoms with van der Waals surface area (Å²) in [5, 5.41) is 0.507. The number of rotatable bonds is 0. The van der Waals surface area contributed by atoms with E-state index in [4.69, 9.17) is 13.7 Å². The zero-order valence-electron chi connectivity index (χ0n) is 19.8. The fourth-order valence-corrected chi connectivity index (χ4v) is 3.12. The van der Waals surface area contributed by atoms with Crippen LogP contribution in [0.3, 0.4) is 0 Å². The predicted molar refractivity (Wildman–Crippen MR) is 88.8 cm³/mol. The molecule has 0 atom stereocenters. The quantitative estimate of drug-likeness (QED) is 0.348. The van der Waals surface area contributed by atoms with Gasteiger partial charge in [-0.1, -0.05) is 52.2 Å². The summed E-state index contributed by atoms with van der Waals surface area (Å²) >= 11 is 3.22. The Morgan fingerprint density at radius 2 is 1.25 bits per heavy atom. The van der Waals surface area contributed by atoms with Crippen molar-refractivity contribution in [1.82, 2.24) is 4.40 Å². The number of halogens is 1. The van der Waals surface area contributed by atoms with Crippen molar-refractivity contribution in [2.45, 2.75) is 0 Å². The van der Waals surface area contributed by atoms with Crippen LogP contribution < -0.4 is 0 Å². The number of hydrogen-bond donors (Lipinski definition) is 0. The molecule has 20 heavy (non-hydrogen) atoms. The van der Waals surface area contributed by atoms with Gasteiger partial charge in [0.25, 0.3) is 0 Å². The van der Waals surface area contributed by atoms with Crippen LogP contribution in [0.4, 0.5) is 0 Å². The topological polar surface area (TPSA) is 4.41 Å². The van der Waals surface area contributed by atoms with Gasteiger partial charge in [-0.05, 0) is 24.2 Å². The van der Waals surface area contributed by atoms with E-state index in [-0.39, 0.29) is 78.8 Å². The molecule has 5 rings (SSSR count). The molecule has 2 heteroatoms. The van der Waals surface area contributed by atoms with Gasteiger partial charge < -0.3 is 4.40 Å². The van der Waals surface area contributed by atoms with Crippen LogP contribution >= 0.6 is 15.9 Å². The molecular formula is C18H10BrN. The molecule has 0 fully saturated rings. The zero-order valence-corrected chi connectivity index (χ0v) is 11.4. The minimum absolute atomic E-state index is 0.0204. The number of nitrogens with zero attached hydrogens (tertiary/aromatic N) is 1. The maximum absolute atomic E-state index is 8.54. The highest BCUT2D eigenvalue weighted by atomic mass is 79.9. The molecular weight excluding hydrogens is 310 g/mol. The van der Waals surface area contributed by atoms with Gasteiger partial charge in [0.2, 0.25) is 0 Å². The Balaban J connectivity index is 2.37. The maximum atomic E-state index is 8.54. The molecule has 0 saturated carbocycles. The van der Waals surface area contributed by atoms with Crippen LogP contribution in [0.5, 0.6) is 0 Å². The summed E-state index contributed by atoms with van der Waals surface area (Å²) in [6.45, 7) is 0. The molecule has 0 aliphatic carbocycles. The van der Waals surface area contributed by atoms with E-state index in [2.05, 4.69) is 15.9 Å². The average Bonchev–Trinajstić information content (AvgIpc) is 3.24. The van der Waals surface area contributed by atoms with Crippen molar-refractivity contribution >= 4 is 54.0 Å². The molecule has 0 aliphatic heterocycles. The fraction of sp³-hybridized carbons (Fsp3) is 0. The van der Waals surface area contributed by atoms with E-state index >= 15 is 0 Å². The van der Waals surface area contributed by atoms with Gasteiger partial charge in [-0.15, -0.1) is 0 Å². The second-order valence-corrected chi connectivity index (χ2v) is 5.24. The lowest BCUT2D eigenvalue weighted by Crippen LogP contribution is -1.78. The van der Waals surface area contributed by atoms with Crippen LogP contribution in [-0.2, 0) is 0 Å². The van der Waals surface area contributed by atoms with Crippen LogP contribution in [0.25, 0.3) is 38.1 Å². The maximum Gasteiger partial charge on any atom is 0.0645 e. The molecule has 2 aromatic heterocycles. The largest absolute Gasteiger partial charge is 0.308 e. The molecule has 0 N–H and O–H groups in total. The molecule has 0 unspecified atom stereocenters. The molecule has 1 nitrogen and oxygen atoms in total. The van der Waals surface area contributed by atoms with Crippen molar-refractivity contribution in [2.75, 3.05) is 0 Å². The lowest BCUT2D eigenvalue weighted by molar-refractivity contribution is 1.37. The van der Waals surface area contributed by atoms with E-state index < -0.39 is 24.2 Å². The molecule has 3 aromatic carbocycles. The van der Waals surface area contributed by atoms with E-state index in [9.17, 15) is 0 Å². The first-order chi connectivity index (χ1) is 14.0. The van der Waals surface area contributed by atoms with E-state index in [1.54, 1.807) is 0 Å². The predicted octanol–water partition coefficient (Wildman–Crippen LogP) is 5.60. The number of aromatic nitrogens is 1. The van der Waals surface area contributed by atoms with E-state index in [1.807, 2.05) is 0 Å². The van der Waals surface area contributed by atoms with Crippen LogP contribution in [0, 0.1) is 0 Å². The molecule has 94 valence electrons. The first kappa shape index (κ1) is 5.05. The summed E-state index contributed by atoms with van der Waals surface area (Å²) in [6.07, 6.45) is 0. The second kappa shape index (κ2) is 3.53. The third-order valence-electron chi connectivity index (χ3n) is 3.45. The minimum Gasteiger partial charge on any atom is -0.308 e. The normalized spacial score (nSPS) is 19.2. The van der Waals surface area contributed by atoms with Crippen LogP contribution in [-0.4, -0.2) is 4.40 Å². The van der Waals surface area contributed by atoms with E-state index in [0.717, 1.165) is 0 Å². The van der Waals surface area contributed by atoms with Gasteiger partial charge in [-0.2, -0.15) is 0 Å². The summed E-state index contributed by atoms with van der Waals surface area (Å²) in [4.78, 5) is 0. The van der Waals surface area contributed by atoms with Crippen LogP contribution in [0.15, 0.2) is 64.9 Å². The third kappa shape index (κ3) is 1.14. The molecule has 0 spiro atoms. The third-order valence-corrected chi connectivity index (χ3v) is 3.85. The van der Waals surface area contributed by atoms with Gasteiger partial charge in [-0.3, -0.25) is 0 Å². The van der Waals surface area contributed by atoms with Gasteiger partial charge in [0.1, 0.15) is 0 Å². The van der Waals surface area contributed by atoms with E-state index in [1.165, 1.54) is 4.40 Å². The number of fused-ring (bicyclic) bond motifs is 6. The Hall–Kier alpha value is -2.06. The van der Waals surface area contributed by atoms with Crippen molar-refractivity contribution in [1.29, 1.82) is 0 Å². The van der Waals surface area contributed by atoms with Gasteiger partial charge in [0.15, 0.2) is 0 Å². The minimum atomic E-state index is -0.487. The summed E-state index contributed by atoms with van der Waals surface area (Å²) in [5.41, 5.74) is 0.260. The first-order valence-corrected chi connectivity index (χ1v) is 6.65. The van der Waals surface area contributed by atoms with Gasteiger partial charge >= 0.3 is 0 Å². The highest BCUT2D eigenvalue weighted by molar-refractivity contribution is 9.10. The monoisotopic (exact) mass is 329 g/mol. The van der Waals surface area contributed by atoms with Crippen LogP contribution in [0.1, 0.15) is 13.7 Å². The van der Waals surface area contributed by atoms with E-state index in [0.29, 0.717) is 0 Å². The highest BCUT2D eigenvalue weighted by Gasteiger charge is 2.16. The lowest BCUT2D eigenvalue weighted by atomic mass is 10.1. The Morgan fingerprint density at radius 3 is 1.80 bits per heavy atom. The summed E-state index contributed by atoms with van der Waals surface area (Å²) in [6, 6.07) is -3.63. The van der Waals surface area contributed by atoms with Gasteiger partial charge in [0, 0.05) is 26.0 Å². The molecule has 0 radical (unpaired) electrons. The van der Waals surface area contributed by atoms with Gasteiger partial charge in [-0.25, -0.2) is 0 Å². The standard InChI is InChI=1S/C18H10BrN/c19-11-9-14-12-5-1-3-7-16(12)20-17-8-4-2-6-13(17)15(10-11)18(14)20/h1-10H/i1D,2D,3D,4D,5D,6D,7D,8D,9D,10D. The molecule has 0 saturated heterocycles. The zero-order chi connectivity index (χ0) is 22.0. The van der Waals surface area contributed by atoms with Gasteiger partial charge in [0.05, 0.1) is 30.3 Å². The Morgan fingerprint density at radius 1 is 0.750 bits per heavy atom. The van der Waals surface area contributed by atoms with Crippen molar-refractivity contribution in [2.24, 2.45) is 0 Å². The van der Waals surface area contributed by atoms with Crippen LogP contribution in [0.2, 0.25) is 0 Å².